The second-order valence-corrected chi connectivity index (χ2v) is 10.1. The quantitative estimate of drug-likeness (QED) is 0.638. The Morgan fingerprint density at radius 3 is 2.44 bits per heavy atom. The summed E-state index contributed by atoms with van der Waals surface area (Å²) < 4.78 is 42.5. The molecule has 1 saturated heterocycles. The van der Waals surface area contributed by atoms with Crippen LogP contribution in [0.2, 0.25) is 0 Å². The maximum atomic E-state index is 14.6. The number of fused-ring (bicyclic) bond motifs is 1. The summed E-state index contributed by atoms with van der Waals surface area (Å²) in [5.74, 6) is -0.179. The molecule has 2 aliphatic carbocycles. The van der Waals surface area contributed by atoms with E-state index in [1.807, 2.05) is 6.92 Å². The molecule has 1 aromatic heterocycles. The maximum absolute atomic E-state index is 14.6. The Morgan fingerprint density at radius 2 is 1.82 bits per heavy atom. The monoisotopic (exact) mass is 474 g/mol. The van der Waals surface area contributed by atoms with Gasteiger partial charge in [0.25, 0.3) is 17.9 Å². The van der Waals surface area contributed by atoms with E-state index in [4.69, 9.17) is 0 Å². The first-order valence-corrected chi connectivity index (χ1v) is 11.7. The fraction of sp³-hybridized carbons (Fsp3) is 0.520. The molecule has 0 radical (unpaired) electrons. The van der Waals surface area contributed by atoms with Crippen LogP contribution in [0.3, 0.4) is 0 Å². The first-order valence-electron chi connectivity index (χ1n) is 11.7. The summed E-state index contributed by atoms with van der Waals surface area (Å²) in [5, 5.41) is 6.14. The number of pyridine rings is 1. The molecule has 1 amide bonds. The van der Waals surface area contributed by atoms with Crippen LogP contribution < -0.4 is 16.2 Å². The lowest BCUT2D eigenvalue weighted by Crippen LogP contribution is -2.32. The summed E-state index contributed by atoms with van der Waals surface area (Å²) in [6, 6.07) is 4.67. The summed E-state index contributed by atoms with van der Waals surface area (Å²) in [6.45, 7) is 5.54. The summed E-state index contributed by atoms with van der Waals surface area (Å²) >= 11 is 0. The zero-order valence-corrected chi connectivity index (χ0v) is 19.4. The zero-order chi connectivity index (χ0) is 24.3. The summed E-state index contributed by atoms with van der Waals surface area (Å²) in [5.41, 5.74) is -0.107. The second kappa shape index (κ2) is 8.45. The van der Waals surface area contributed by atoms with E-state index in [0.717, 1.165) is 25.6 Å². The van der Waals surface area contributed by atoms with E-state index < -0.39 is 29.8 Å². The Kier molecular flexibility index (Phi) is 5.70. The minimum atomic E-state index is -2.94. The molecule has 2 saturated carbocycles. The molecule has 0 bridgehead atoms. The lowest BCUT2D eigenvalue weighted by molar-refractivity contribution is 0.0939. The predicted molar refractivity (Wildman–Crippen MR) is 123 cm³/mol. The van der Waals surface area contributed by atoms with E-state index in [-0.39, 0.29) is 23.2 Å². The van der Waals surface area contributed by atoms with Crippen LogP contribution in [0.1, 0.15) is 60.3 Å². The van der Waals surface area contributed by atoms with Crippen molar-refractivity contribution in [2.45, 2.75) is 44.8 Å². The van der Waals surface area contributed by atoms with Gasteiger partial charge in [0.15, 0.2) is 0 Å². The number of halogens is 3. The topological polar surface area (TPSA) is 66.4 Å². The Balaban J connectivity index is 1.41. The molecule has 0 unspecified atom stereocenters. The number of benzene rings is 1. The first kappa shape index (κ1) is 23.0. The number of rotatable bonds is 7. The highest BCUT2D eigenvalue weighted by molar-refractivity contribution is 5.99. The van der Waals surface area contributed by atoms with Crippen molar-refractivity contribution in [3.05, 3.63) is 63.3 Å². The Labute approximate surface area is 196 Å². The number of piperidine rings is 1. The lowest BCUT2D eigenvalue weighted by atomic mass is 10.0. The van der Waals surface area contributed by atoms with Crippen LogP contribution in [-0.4, -0.2) is 41.6 Å². The van der Waals surface area contributed by atoms with Crippen molar-refractivity contribution < 1.29 is 18.0 Å². The van der Waals surface area contributed by atoms with Gasteiger partial charge >= 0.3 is 0 Å². The first-order chi connectivity index (χ1) is 16.2. The third kappa shape index (κ3) is 4.10. The van der Waals surface area contributed by atoms with Crippen molar-refractivity contribution in [3.8, 4) is 0 Å². The molecule has 9 heteroatoms. The normalized spacial score (nSPS) is 28.5. The van der Waals surface area contributed by atoms with E-state index in [2.05, 4.69) is 22.6 Å². The molecule has 2 heterocycles. The highest BCUT2D eigenvalue weighted by atomic mass is 19.3. The Hall–Kier alpha value is -2.81. The molecule has 34 heavy (non-hydrogen) atoms. The van der Waals surface area contributed by atoms with Crippen LogP contribution >= 0.6 is 0 Å². The van der Waals surface area contributed by atoms with Crippen molar-refractivity contribution in [1.82, 2.24) is 14.8 Å². The third-order valence-electron chi connectivity index (χ3n) is 7.56. The Bertz CT molecular complexity index is 1170. The average Bonchev–Trinajstić information content (AvgIpc) is 3.60. The van der Waals surface area contributed by atoms with Crippen molar-refractivity contribution in [2.75, 3.05) is 25.5 Å². The van der Waals surface area contributed by atoms with Gasteiger partial charge in [0, 0.05) is 43.0 Å². The van der Waals surface area contributed by atoms with E-state index in [0.29, 0.717) is 29.0 Å². The molecule has 3 aliphatic rings. The Morgan fingerprint density at radius 1 is 1.18 bits per heavy atom. The molecule has 6 nitrogen and oxygen atoms in total. The van der Waals surface area contributed by atoms with Gasteiger partial charge in [-0.05, 0) is 38.1 Å². The molecular weight excluding hydrogens is 445 g/mol. The summed E-state index contributed by atoms with van der Waals surface area (Å²) in [7, 11) is 2.07. The number of carbonyl (C=O) groups excluding carboxylic acids is 1. The van der Waals surface area contributed by atoms with Gasteiger partial charge in [0.05, 0.1) is 22.9 Å². The SMILES string of the molecule is C[C@@H](NC(=O)c1cn([C@@H]2C[C@@H]2C)c(=O)cc1N[C@@H]1[C@@H]2CN(C)C[C@@H]21)c1cccc(C(F)F)c1F. The zero-order valence-electron chi connectivity index (χ0n) is 19.4. The minimum Gasteiger partial charge on any atom is -0.381 e. The van der Waals surface area contributed by atoms with Crippen LogP contribution in [0.25, 0.3) is 0 Å². The second-order valence-electron chi connectivity index (χ2n) is 10.1. The number of aromatic nitrogens is 1. The molecule has 2 aromatic rings. The fourth-order valence-electron chi connectivity index (χ4n) is 5.35. The van der Waals surface area contributed by atoms with Crippen molar-refractivity contribution >= 4 is 11.6 Å². The van der Waals surface area contributed by atoms with Gasteiger partial charge in [-0.25, -0.2) is 13.2 Å². The van der Waals surface area contributed by atoms with Gasteiger partial charge in [0.1, 0.15) is 5.82 Å². The number of alkyl halides is 2. The van der Waals surface area contributed by atoms with Crippen LogP contribution in [0, 0.1) is 23.6 Å². The van der Waals surface area contributed by atoms with Gasteiger partial charge in [-0.3, -0.25) is 9.59 Å². The van der Waals surface area contributed by atoms with Gasteiger partial charge in [-0.1, -0.05) is 25.1 Å². The standard InChI is InChI=1S/C25H29F3N4O2/c1-12-7-20(12)32-11-18(19(8-21(32)33)30-23-16-9-31(3)10-17(16)23)25(34)29-13(2)14-5-4-6-15(22(14)26)24(27)28/h4-6,8,11-13,16-17,20,23-24,30H,7,9-10H2,1-3H3,(H,29,34)/t12-,13+,16-,17+,20+,23-/m0/s1. The number of likely N-dealkylation sites (tertiary alicyclic amines) is 1. The van der Waals surface area contributed by atoms with Crippen LogP contribution in [0.15, 0.2) is 35.3 Å². The molecule has 2 N–H and O–H groups in total. The highest BCUT2D eigenvalue weighted by Crippen LogP contribution is 2.47. The van der Waals surface area contributed by atoms with Crippen LogP contribution in [0.4, 0.5) is 18.9 Å². The largest absolute Gasteiger partial charge is 0.381 e. The number of hydrogen-bond donors (Lipinski definition) is 2. The molecule has 3 fully saturated rings. The van der Waals surface area contributed by atoms with Crippen molar-refractivity contribution in [3.63, 3.8) is 0 Å². The van der Waals surface area contributed by atoms with Crippen molar-refractivity contribution in [2.24, 2.45) is 17.8 Å². The number of hydrogen-bond acceptors (Lipinski definition) is 4. The lowest BCUT2D eigenvalue weighted by Gasteiger charge is -2.20. The molecule has 1 aromatic carbocycles. The van der Waals surface area contributed by atoms with Gasteiger partial charge < -0.3 is 20.1 Å². The fourth-order valence-corrected chi connectivity index (χ4v) is 5.35. The van der Waals surface area contributed by atoms with Crippen LogP contribution in [0.5, 0.6) is 0 Å². The van der Waals surface area contributed by atoms with Gasteiger partial charge in [0.2, 0.25) is 0 Å². The minimum absolute atomic E-state index is 0.00967. The van der Waals surface area contributed by atoms with Crippen LogP contribution in [-0.2, 0) is 0 Å². The van der Waals surface area contributed by atoms with Gasteiger partial charge in [-0.15, -0.1) is 0 Å². The molecule has 1 aliphatic heterocycles. The van der Waals surface area contributed by atoms with Crippen molar-refractivity contribution in [1.29, 1.82) is 0 Å². The number of anilines is 1. The van der Waals surface area contributed by atoms with E-state index >= 15 is 0 Å². The predicted octanol–water partition coefficient (Wildman–Crippen LogP) is 3.97. The third-order valence-corrected chi connectivity index (χ3v) is 7.56. The molecule has 182 valence electrons. The van der Waals surface area contributed by atoms with Gasteiger partial charge in [-0.2, -0.15) is 0 Å². The number of amides is 1. The number of nitrogens with zero attached hydrogens (tertiary/aromatic N) is 2. The average molecular weight is 475 g/mol. The summed E-state index contributed by atoms with van der Waals surface area (Å²) in [4.78, 5) is 28.4. The smallest absolute Gasteiger partial charge is 0.266 e. The number of nitrogens with one attached hydrogen (secondary N) is 2. The maximum Gasteiger partial charge on any atom is 0.266 e. The summed E-state index contributed by atoms with van der Waals surface area (Å²) in [6.07, 6.45) is -0.494. The van der Waals surface area contributed by atoms with E-state index in [1.165, 1.54) is 18.2 Å². The van der Waals surface area contributed by atoms with E-state index in [1.54, 1.807) is 17.7 Å². The molecule has 6 atom stereocenters. The van der Waals surface area contributed by atoms with E-state index in [9.17, 15) is 22.8 Å². The highest BCUT2D eigenvalue weighted by Gasteiger charge is 2.55. The molecule has 5 rings (SSSR count). The number of carbonyl (C=O) groups is 1. The molecule has 0 spiro atoms. The molecular formula is C25H29F3N4O2.